The molecule has 0 fully saturated rings. The van der Waals surface area contributed by atoms with E-state index in [0.29, 0.717) is 0 Å². The van der Waals surface area contributed by atoms with Crippen molar-refractivity contribution in [3.63, 3.8) is 0 Å². The molecule has 0 N–H and O–H groups in total. The van der Waals surface area contributed by atoms with Gasteiger partial charge in [0.15, 0.2) is 0 Å². The molecular formula is C10H13F3. The van der Waals surface area contributed by atoms with E-state index in [1.807, 2.05) is 0 Å². The van der Waals surface area contributed by atoms with E-state index in [9.17, 15) is 13.2 Å². The second-order valence-electron chi connectivity index (χ2n) is 3.10. The minimum Gasteiger partial charge on any atom is -0.166 e. The van der Waals surface area contributed by atoms with Gasteiger partial charge >= 0.3 is 6.18 Å². The smallest absolute Gasteiger partial charge is 0.166 e. The van der Waals surface area contributed by atoms with Crippen LogP contribution in [0.15, 0.2) is 35.5 Å². The van der Waals surface area contributed by atoms with Crippen molar-refractivity contribution in [3.05, 3.63) is 35.5 Å². The summed E-state index contributed by atoms with van der Waals surface area (Å²) in [6.45, 7) is 8.11. The van der Waals surface area contributed by atoms with Crippen molar-refractivity contribution in [1.29, 1.82) is 0 Å². The fraction of sp³-hybridized carbons (Fsp3) is 0.400. The van der Waals surface area contributed by atoms with Crippen LogP contribution in [0.25, 0.3) is 0 Å². The highest BCUT2D eigenvalue weighted by atomic mass is 19.4. The minimum atomic E-state index is -4.31. The van der Waals surface area contributed by atoms with Crippen molar-refractivity contribution >= 4 is 0 Å². The maximum atomic E-state index is 12.3. The summed E-state index contributed by atoms with van der Waals surface area (Å²) in [5.41, 5.74) is 0.182. The molecule has 0 amide bonds. The minimum absolute atomic E-state index is 0.0324. The van der Waals surface area contributed by atoms with Gasteiger partial charge in [-0.2, -0.15) is 13.2 Å². The van der Waals surface area contributed by atoms with Crippen LogP contribution in [0, 0.1) is 0 Å². The lowest BCUT2D eigenvalue weighted by Gasteiger charge is -2.10. The molecule has 0 aromatic rings. The molecule has 0 nitrogen and oxygen atoms in total. The zero-order chi connectivity index (χ0) is 10.6. The van der Waals surface area contributed by atoms with Crippen molar-refractivity contribution in [2.24, 2.45) is 0 Å². The van der Waals surface area contributed by atoms with Crippen LogP contribution >= 0.6 is 0 Å². The van der Waals surface area contributed by atoms with Gasteiger partial charge in [0.2, 0.25) is 0 Å². The number of rotatable bonds is 2. The Labute approximate surface area is 76.5 Å². The fourth-order valence-electron chi connectivity index (χ4n) is 0.729. The highest BCUT2D eigenvalue weighted by Crippen LogP contribution is 2.30. The van der Waals surface area contributed by atoms with Crippen LogP contribution in [0.2, 0.25) is 0 Å². The molecule has 0 heterocycles. The normalized spacial score (nSPS) is 12.6. The van der Waals surface area contributed by atoms with E-state index < -0.39 is 11.7 Å². The van der Waals surface area contributed by atoms with Gasteiger partial charge in [0, 0.05) is 0 Å². The number of hydrogen-bond acceptors (Lipinski definition) is 0. The van der Waals surface area contributed by atoms with E-state index in [-0.39, 0.29) is 5.57 Å². The molecule has 0 spiro atoms. The molecule has 0 unspecified atom stereocenters. The third kappa shape index (κ3) is 4.55. The molecule has 0 aliphatic carbocycles. The first-order valence-electron chi connectivity index (χ1n) is 3.83. The van der Waals surface area contributed by atoms with E-state index in [0.717, 1.165) is 11.6 Å². The first-order valence-corrected chi connectivity index (χ1v) is 3.83. The molecule has 3 heteroatoms. The maximum absolute atomic E-state index is 12.3. The Balaban J connectivity index is 4.95. The summed E-state index contributed by atoms with van der Waals surface area (Å²) in [6.07, 6.45) is -1.83. The predicted molar refractivity (Wildman–Crippen MR) is 48.4 cm³/mol. The second-order valence-corrected chi connectivity index (χ2v) is 3.10. The third-order valence-electron chi connectivity index (χ3n) is 1.35. The van der Waals surface area contributed by atoms with Gasteiger partial charge in [-0.25, -0.2) is 0 Å². The summed E-state index contributed by atoms with van der Waals surface area (Å²) < 4.78 is 36.8. The lowest BCUT2D eigenvalue weighted by Crippen LogP contribution is -2.12. The molecule has 0 aliphatic rings. The Kier molecular flexibility index (Phi) is 3.98. The van der Waals surface area contributed by atoms with Gasteiger partial charge in [-0.15, -0.1) is 0 Å². The van der Waals surface area contributed by atoms with Gasteiger partial charge in [0.1, 0.15) is 0 Å². The zero-order valence-electron chi connectivity index (χ0n) is 8.00. The van der Waals surface area contributed by atoms with Gasteiger partial charge in [-0.1, -0.05) is 18.2 Å². The molecule has 0 aromatic carbocycles. The van der Waals surface area contributed by atoms with Crippen molar-refractivity contribution in [1.82, 2.24) is 0 Å². The van der Waals surface area contributed by atoms with Gasteiger partial charge in [-0.05, 0) is 32.4 Å². The molecule has 0 radical (unpaired) electrons. The Morgan fingerprint density at radius 1 is 1.08 bits per heavy atom. The average molecular weight is 190 g/mol. The summed E-state index contributed by atoms with van der Waals surface area (Å²) >= 11 is 0. The zero-order valence-corrected chi connectivity index (χ0v) is 8.00. The van der Waals surface area contributed by atoms with Crippen LogP contribution in [0.3, 0.4) is 0 Å². The van der Waals surface area contributed by atoms with E-state index in [2.05, 4.69) is 6.58 Å². The lowest BCUT2D eigenvalue weighted by atomic mass is 10.1. The van der Waals surface area contributed by atoms with Crippen molar-refractivity contribution in [2.75, 3.05) is 0 Å². The molecule has 0 rings (SSSR count). The van der Waals surface area contributed by atoms with Gasteiger partial charge in [-0.3, -0.25) is 0 Å². The molecule has 0 atom stereocenters. The number of halogens is 3. The Morgan fingerprint density at radius 3 is 1.77 bits per heavy atom. The lowest BCUT2D eigenvalue weighted by molar-refractivity contribution is -0.0892. The van der Waals surface area contributed by atoms with Crippen molar-refractivity contribution < 1.29 is 13.2 Å². The monoisotopic (exact) mass is 190 g/mol. The van der Waals surface area contributed by atoms with Crippen LogP contribution in [0.5, 0.6) is 0 Å². The molecule has 0 aromatic heterocycles. The standard InChI is InChI=1S/C10H13F3/c1-7(2)5-6-9(8(3)4)10(11,12)13/h5-6H,3H2,1-2,4H3. The summed E-state index contributed by atoms with van der Waals surface area (Å²) in [5.74, 6) is 0. The SMILES string of the molecule is C=C(C)C(=CC=C(C)C)C(F)(F)F. The predicted octanol–water partition coefficient (Wildman–Crippen LogP) is 4.02. The van der Waals surface area contributed by atoms with Gasteiger partial charge < -0.3 is 0 Å². The molecule has 13 heavy (non-hydrogen) atoms. The fourth-order valence-corrected chi connectivity index (χ4v) is 0.729. The first-order chi connectivity index (χ1) is 5.75. The molecular weight excluding hydrogens is 177 g/mol. The van der Waals surface area contributed by atoms with E-state index in [1.165, 1.54) is 13.0 Å². The van der Waals surface area contributed by atoms with Gasteiger partial charge in [0.25, 0.3) is 0 Å². The van der Waals surface area contributed by atoms with Crippen LogP contribution in [0.4, 0.5) is 13.2 Å². The topological polar surface area (TPSA) is 0 Å². The third-order valence-corrected chi connectivity index (χ3v) is 1.35. The van der Waals surface area contributed by atoms with Crippen LogP contribution in [-0.2, 0) is 0 Å². The Hall–Kier alpha value is -0.990. The second kappa shape index (κ2) is 4.30. The molecule has 0 aliphatic heterocycles. The van der Waals surface area contributed by atoms with Crippen molar-refractivity contribution in [2.45, 2.75) is 26.9 Å². The molecule has 0 bridgehead atoms. The number of alkyl halides is 3. The van der Waals surface area contributed by atoms with Crippen LogP contribution in [-0.4, -0.2) is 6.18 Å². The summed E-state index contributed by atoms with van der Waals surface area (Å²) in [5, 5.41) is 0. The quantitative estimate of drug-likeness (QED) is 0.577. The largest absolute Gasteiger partial charge is 0.416 e. The Morgan fingerprint density at radius 2 is 1.54 bits per heavy atom. The van der Waals surface area contributed by atoms with Crippen LogP contribution in [0.1, 0.15) is 20.8 Å². The summed E-state index contributed by atoms with van der Waals surface area (Å²) in [6, 6.07) is 0. The number of hydrogen-bond donors (Lipinski definition) is 0. The average Bonchev–Trinajstić information content (AvgIpc) is 1.81. The highest BCUT2D eigenvalue weighted by molar-refractivity contribution is 5.34. The highest BCUT2D eigenvalue weighted by Gasteiger charge is 2.33. The molecule has 0 saturated carbocycles. The van der Waals surface area contributed by atoms with E-state index in [1.54, 1.807) is 13.8 Å². The summed E-state index contributed by atoms with van der Waals surface area (Å²) in [4.78, 5) is 0. The molecule has 74 valence electrons. The van der Waals surface area contributed by atoms with E-state index >= 15 is 0 Å². The first kappa shape index (κ1) is 12.0. The molecule has 0 saturated heterocycles. The Bertz CT molecular complexity index is 250. The summed E-state index contributed by atoms with van der Waals surface area (Å²) in [7, 11) is 0. The van der Waals surface area contributed by atoms with E-state index in [4.69, 9.17) is 0 Å². The maximum Gasteiger partial charge on any atom is 0.416 e. The van der Waals surface area contributed by atoms with Crippen LogP contribution < -0.4 is 0 Å². The van der Waals surface area contributed by atoms with Crippen molar-refractivity contribution in [3.8, 4) is 0 Å². The number of allylic oxidation sites excluding steroid dienone is 5. The van der Waals surface area contributed by atoms with Gasteiger partial charge in [0.05, 0.1) is 5.57 Å².